The summed E-state index contributed by atoms with van der Waals surface area (Å²) in [4.78, 5) is 14.6. The molecule has 1 spiro atoms. The Kier molecular flexibility index (Phi) is 4.27. The number of nitrogens with zero attached hydrogens (tertiary/aromatic N) is 1. The van der Waals surface area contributed by atoms with Crippen molar-refractivity contribution in [2.24, 2.45) is 0 Å². The van der Waals surface area contributed by atoms with Crippen LogP contribution in [-0.2, 0) is 14.3 Å². The van der Waals surface area contributed by atoms with Gasteiger partial charge in [0.05, 0.1) is 5.60 Å². The minimum atomic E-state index is -0.496. The molecular weight excluding hydrogens is 266 g/mol. The Hall–Kier alpha value is -1.39. The molecule has 1 atom stereocenters. The highest BCUT2D eigenvalue weighted by molar-refractivity contribution is 5.82. The lowest BCUT2D eigenvalue weighted by atomic mass is 9.88. The smallest absolute Gasteiger partial charge is 0.256 e. The number of methoxy groups -OCH3 is 1. The minimum absolute atomic E-state index is 0.0477. The average Bonchev–Trinajstić information content (AvgIpc) is 2.98. The molecule has 2 heterocycles. The second-order valence-electron chi connectivity index (χ2n) is 5.99. The number of carbonyl (C=O) groups excluding carboxylic acids is 1. The zero-order valence-electron chi connectivity index (χ0n) is 12.6. The Bertz CT molecular complexity index is 472. The highest BCUT2D eigenvalue weighted by Crippen LogP contribution is 2.36. The second kappa shape index (κ2) is 6.16. The Labute approximate surface area is 126 Å². The molecule has 21 heavy (non-hydrogen) atoms. The van der Waals surface area contributed by atoms with Crippen molar-refractivity contribution < 1.29 is 14.3 Å². The van der Waals surface area contributed by atoms with Crippen molar-refractivity contribution in [1.29, 1.82) is 0 Å². The summed E-state index contributed by atoms with van der Waals surface area (Å²) in [5.74, 6) is 0.0662. The van der Waals surface area contributed by atoms with Crippen molar-refractivity contribution in [2.75, 3.05) is 26.8 Å². The first-order valence-corrected chi connectivity index (χ1v) is 7.75. The van der Waals surface area contributed by atoms with Crippen molar-refractivity contribution in [3.05, 3.63) is 35.9 Å². The van der Waals surface area contributed by atoms with Crippen LogP contribution in [0.15, 0.2) is 30.3 Å². The van der Waals surface area contributed by atoms with Crippen molar-refractivity contribution in [3.8, 4) is 0 Å². The summed E-state index contributed by atoms with van der Waals surface area (Å²) in [6.07, 6.45) is 3.69. The Morgan fingerprint density at radius 2 is 1.95 bits per heavy atom. The molecule has 2 fully saturated rings. The molecule has 2 saturated heterocycles. The van der Waals surface area contributed by atoms with Gasteiger partial charge in [0, 0.05) is 26.8 Å². The van der Waals surface area contributed by atoms with E-state index in [2.05, 4.69) is 0 Å². The van der Waals surface area contributed by atoms with Gasteiger partial charge < -0.3 is 14.4 Å². The molecule has 0 unspecified atom stereocenters. The van der Waals surface area contributed by atoms with Crippen LogP contribution >= 0.6 is 0 Å². The maximum Gasteiger partial charge on any atom is 0.256 e. The van der Waals surface area contributed by atoms with Gasteiger partial charge in [-0.3, -0.25) is 4.79 Å². The molecule has 2 aliphatic heterocycles. The molecule has 1 amide bonds. The lowest BCUT2D eigenvalue weighted by molar-refractivity contribution is -0.147. The van der Waals surface area contributed by atoms with E-state index in [0.29, 0.717) is 0 Å². The topological polar surface area (TPSA) is 38.8 Å². The summed E-state index contributed by atoms with van der Waals surface area (Å²) >= 11 is 0. The van der Waals surface area contributed by atoms with Gasteiger partial charge in [-0.25, -0.2) is 0 Å². The molecule has 0 aliphatic carbocycles. The van der Waals surface area contributed by atoms with Crippen LogP contribution < -0.4 is 0 Å². The van der Waals surface area contributed by atoms with Crippen LogP contribution in [0.1, 0.15) is 37.4 Å². The van der Waals surface area contributed by atoms with Crippen molar-refractivity contribution in [2.45, 2.75) is 37.4 Å². The molecule has 0 aromatic heterocycles. The van der Waals surface area contributed by atoms with Gasteiger partial charge in [-0.2, -0.15) is 0 Å². The first-order valence-electron chi connectivity index (χ1n) is 7.75. The van der Waals surface area contributed by atoms with E-state index in [9.17, 15) is 4.79 Å². The molecule has 0 N–H and O–H groups in total. The molecule has 0 saturated carbocycles. The molecular formula is C17H23NO3. The Morgan fingerprint density at radius 1 is 1.24 bits per heavy atom. The lowest BCUT2D eigenvalue weighted by Crippen LogP contribution is -2.47. The number of hydrogen-bond acceptors (Lipinski definition) is 3. The van der Waals surface area contributed by atoms with Crippen molar-refractivity contribution in [3.63, 3.8) is 0 Å². The highest BCUT2D eigenvalue weighted by atomic mass is 16.5. The Morgan fingerprint density at radius 3 is 2.52 bits per heavy atom. The van der Waals surface area contributed by atoms with Crippen LogP contribution in [0.4, 0.5) is 0 Å². The van der Waals surface area contributed by atoms with E-state index in [1.54, 1.807) is 7.11 Å². The summed E-state index contributed by atoms with van der Waals surface area (Å²) in [5, 5.41) is 0. The van der Waals surface area contributed by atoms with E-state index in [-0.39, 0.29) is 11.5 Å². The number of ether oxygens (including phenoxy) is 2. The van der Waals surface area contributed by atoms with E-state index in [1.807, 2.05) is 35.2 Å². The summed E-state index contributed by atoms with van der Waals surface area (Å²) in [5.41, 5.74) is 0.967. The largest absolute Gasteiger partial charge is 0.375 e. The molecule has 1 aromatic carbocycles. The predicted octanol–water partition coefficient (Wildman–Crippen LogP) is 2.55. The fourth-order valence-corrected chi connectivity index (χ4v) is 3.46. The summed E-state index contributed by atoms with van der Waals surface area (Å²) < 4.78 is 11.4. The van der Waals surface area contributed by atoms with E-state index >= 15 is 0 Å². The number of rotatable bonds is 3. The van der Waals surface area contributed by atoms with Gasteiger partial charge >= 0.3 is 0 Å². The minimum Gasteiger partial charge on any atom is -0.375 e. The van der Waals surface area contributed by atoms with E-state index in [4.69, 9.17) is 9.47 Å². The van der Waals surface area contributed by atoms with Crippen LogP contribution in [0.5, 0.6) is 0 Å². The maximum absolute atomic E-state index is 12.7. The fourth-order valence-electron chi connectivity index (χ4n) is 3.46. The van der Waals surface area contributed by atoms with Crippen LogP contribution in [0.2, 0.25) is 0 Å². The SMILES string of the molecule is CO[C@@H](C(=O)N1CCC2(CCCO2)CC1)c1ccccc1. The normalized spacial score (nSPS) is 22.4. The highest BCUT2D eigenvalue weighted by Gasteiger charge is 2.40. The molecule has 1 aromatic rings. The zero-order valence-corrected chi connectivity index (χ0v) is 12.6. The third-order valence-corrected chi connectivity index (χ3v) is 4.73. The first-order chi connectivity index (χ1) is 10.2. The van der Waals surface area contributed by atoms with Gasteiger partial charge in [-0.1, -0.05) is 30.3 Å². The third-order valence-electron chi connectivity index (χ3n) is 4.73. The van der Waals surface area contributed by atoms with Crippen LogP contribution in [0.3, 0.4) is 0 Å². The molecule has 2 aliphatic rings. The standard InChI is InChI=1S/C17H23NO3/c1-20-15(14-6-3-2-4-7-14)16(19)18-11-9-17(10-12-18)8-5-13-21-17/h2-4,6-7,15H,5,8-13H2,1H3/t15-/m1/s1. The average molecular weight is 289 g/mol. The van der Waals surface area contributed by atoms with Gasteiger partial charge in [0.2, 0.25) is 0 Å². The quantitative estimate of drug-likeness (QED) is 0.858. The van der Waals surface area contributed by atoms with Gasteiger partial charge in [0.15, 0.2) is 6.10 Å². The van der Waals surface area contributed by atoms with Crippen LogP contribution in [0, 0.1) is 0 Å². The molecule has 114 valence electrons. The fraction of sp³-hybridized carbons (Fsp3) is 0.588. The van der Waals surface area contributed by atoms with Gasteiger partial charge in [-0.05, 0) is 31.2 Å². The molecule has 0 bridgehead atoms. The number of hydrogen-bond donors (Lipinski definition) is 0. The number of likely N-dealkylation sites (tertiary alicyclic amines) is 1. The summed E-state index contributed by atoms with van der Waals surface area (Å²) in [7, 11) is 1.60. The second-order valence-corrected chi connectivity index (χ2v) is 5.99. The van der Waals surface area contributed by atoms with Gasteiger partial charge in [0.1, 0.15) is 0 Å². The third kappa shape index (κ3) is 2.97. The number of amides is 1. The molecule has 0 radical (unpaired) electrons. The summed E-state index contributed by atoms with van der Waals surface area (Å²) in [6.45, 7) is 2.41. The van der Waals surface area contributed by atoms with Crippen LogP contribution in [0.25, 0.3) is 0 Å². The Balaban J connectivity index is 1.65. The van der Waals surface area contributed by atoms with E-state index in [1.165, 1.54) is 0 Å². The van der Waals surface area contributed by atoms with Crippen molar-refractivity contribution in [1.82, 2.24) is 4.90 Å². The number of piperidine rings is 1. The van der Waals surface area contributed by atoms with E-state index < -0.39 is 6.10 Å². The zero-order chi connectivity index (χ0) is 14.7. The summed E-state index contributed by atoms with van der Waals surface area (Å²) in [6, 6.07) is 9.70. The lowest BCUT2D eigenvalue weighted by Gasteiger charge is -2.39. The van der Waals surface area contributed by atoms with Gasteiger partial charge in [-0.15, -0.1) is 0 Å². The molecule has 4 nitrogen and oxygen atoms in total. The van der Waals surface area contributed by atoms with E-state index in [0.717, 1.165) is 50.9 Å². The maximum atomic E-state index is 12.7. The van der Waals surface area contributed by atoms with Crippen molar-refractivity contribution >= 4 is 5.91 Å². The van der Waals surface area contributed by atoms with Gasteiger partial charge in [0.25, 0.3) is 5.91 Å². The molecule has 4 heteroatoms. The molecule has 3 rings (SSSR count). The number of benzene rings is 1. The predicted molar refractivity (Wildman–Crippen MR) is 79.9 cm³/mol. The number of carbonyl (C=O) groups is 1. The first kappa shape index (κ1) is 14.5. The van der Waals surface area contributed by atoms with Crippen LogP contribution in [-0.4, -0.2) is 43.2 Å². The monoisotopic (exact) mass is 289 g/mol.